The molecule has 2 atom stereocenters. The highest BCUT2D eigenvalue weighted by atomic mass is 31.2. The van der Waals surface area contributed by atoms with Gasteiger partial charge in [-0.1, -0.05) is 0 Å². The molecule has 2 rings (SSSR count). The molecular weight excluding hydrogens is 323 g/mol. The van der Waals surface area contributed by atoms with Crippen LogP contribution in [0.4, 0.5) is 0 Å². The third-order valence-electron chi connectivity index (χ3n) is 3.65. The van der Waals surface area contributed by atoms with Gasteiger partial charge in [-0.2, -0.15) is 0 Å². The van der Waals surface area contributed by atoms with Crippen molar-refractivity contribution in [1.29, 1.82) is 0 Å². The Hall–Kier alpha value is -1.21. The number of hydrogen-bond donors (Lipinski definition) is 1. The molecule has 8 nitrogen and oxygen atoms in total. The van der Waals surface area contributed by atoms with E-state index in [9.17, 15) is 14.2 Å². The Bertz CT molecular complexity index is 687. The van der Waals surface area contributed by atoms with Gasteiger partial charge >= 0.3 is 13.3 Å². The van der Waals surface area contributed by atoms with E-state index in [2.05, 4.69) is 4.98 Å². The Balaban J connectivity index is 2.08. The van der Waals surface area contributed by atoms with E-state index in [0.29, 0.717) is 18.4 Å². The molecule has 1 aliphatic rings. The third-order valence-corrected chi connectivity index (χ3v) is 5.97. The number of aryl methyl sites for hydroxylation is 1. The van der Waals surface area contributed by atoms with Crippen molar-refractivity contribution in [1.82, 2.24) is 9.55 Å². The van der Waals surface area contributed by atoms with E-state index in [1.807, 2.05) is 0 Å². The second-order valence-electron chi connectivity index (χ2n) is 5.39. The molecule has 1 aromatic heterocycles. The molecule has 130 valence electrons. The molecule has 0 amide bonds. The summed E-state index contributed by atoms with van der Waals surface area (Å²) < 4.78 is 30.5. The summed E-state index contributed by atoms with van der Waals surface area (Å²) >= 11 is 0. The highest BCUT2D eigenvalue weighted by Gasteiger charge is 2.42. The largest absolute Gasteiger partial charge is 0.360 e. The number of aromatic amines is 1. The summed E-state index contributed by atoms with van der Waals surface area (Å²) in [6.07, 6.45) is 2.40. The van der Waals surface area contributed by atoms with E-state index in [1.54, 1.807) is 20.8 Å². The third kappa shape index (κ3) is 4.20. The zero-order chi connectivity index (χ0) is 17.0. The zero-order valence-electron chi connectivity index (χ0n) is 13.6. The lowest BCUT2D eigenvalue weighted by Crippen LogP contribution is -2.34. The normalized spacial score (nSPS) is 21.7. The van der Waals surface area contributed by atoms with Crippen LogP contribution in [0.3, 0.4) is 0 Å². The topological polar surface area (TPSA) is 99.6 Å². The highest BCUT2D eigenvalue weighted by molar-refractivity contribution is 7.54. The number of hydrogen-bond acceptors (Lipinski definition) is 6. The molecular formula is C14H23N2O6P. The second-order valence-corrected chi connectivity index (χ2v) is 7.56. The van der Waals surface area contributed by atoms with E-state index in [-0.39, 0.29) is 25.9 Å². The number of nitrogens with one attached hydrogen (secondary N) is 1. The van der Waals surface area contributed by atoms with Crippen LogP contribution in [0.2, 0.25) is 0 Å². The molecule has 0 radical (unpaired) electrons. The van der Waals surface area contributed by atoms with E-state index in [0.717, 1.165) is 0 Å². The number of aromatic nitrogens is 2. The van der Waals surface area contributed by atoms with Gasteiger partial charge < -0.3 is 13.8 Å². The van der Waals surface area contributed by atoms with E-state index >= 15 is 0 Å². The molecule has 2 unspecified atom stereocenters. The Labute approximate surface area is 134 Å². The monoisotopic (exact) mass is 346 g/mol. The highest BCUT2D eigenvalue weighted by Crippen LogP contribution is 2.57. The Kier molecular flexibility index (Phi) is 5.97. The summed E-state index contributed by atoms with van der Waals surface area (Å²) in [6.45, 7) is 5.97. The standard InChI is InChI=1S/C14H23N2O6P/c1-4-20-23(19,21-5-2)12-7-6-11(22-12)9-16-8-10(3)13(17)15-14(16)18/h8,11-12H,4-7,9H2,1-3H3,(H,15,17,18). The number of ether oxygens (including phenoxy) is 1. The van der Waals surface area contributed by atoms with Crippen LogP contribution in [0.1, 0.15) is 32.3 Å². The molecule has 1 aliphatic heterocycles. The van der Waals surface area contributed by atoms with Crippen molar-refractivity contribution in [3.8, 4) is 0 Å². The van der Waals surface area contributed by atoms with Crippen LogP contribution in [0.5, 0.6) is 0 Å². The molecule has 0 bridgehead atoms. The second kappa shape index (κ2) is 7.57. The summed E-state index contributed by atoms with van der Waals surface area (Å²) in [5, 5.41) is 0. The molecule has 0 aromatic carbocycles. The van der Waals surface area contributed by atoms with Crippen LogP contribution < -0.4 is 11.2 Å². The minimum atomic E-state index is -3.31. The molecule has 2 heterocycles. The maximum Gasteiger partial charge on any atom is 0.359 e. The molecule has 1 fully saturated rings. The van der Waals surface area contributed by atoms with Crippen LogP contribution in [-0.4, -0.2) is 34.7 Å². The van der Waals surface area contributed by atoms with Crippen LogP contribution in [0.15, 0.2) is 15.8 Å². The Morgan fingerprint density at radius 1 is 1.30 bits per heavy atom. The van der Waals surface area contributed by atoms with Crippen molar-refractivity contribution < 1.29 is 18.3 Å². The fraction of sp³-hybridized carbons (Fsp3) is 0.714. The average Bonchev–Trinajstić information content (AvgIpc) is 2.94. The predicted octanol–water partition coefficient (Wildman–Crippen LogP) is 1.62. The first-order valence-electron chi connectivity index (χ1n) is 7.74. The Morgan fingerprint density at radius 2 is 1.96 bits per heavy atom. The lowest BCUT2D eigenvalue weighted by molar-refractivity contribution is 0.0507. The van der Waals surface area contributed by atoms with Crippen molar-refractivity contribution in [2.24, 2.45) is 0 Å². The Morgan fingerprint density at radius 3 is 2.57 bits per heavy atom. The van der Waals surface area contributed by atoms with Gasteiger partial charge in [0.15, 0.2) is 5.85 Å². The fourth-order valence-corrected chi connectivity index (χ4v) is 4.50. The van der Waals surface area contributed by atoms with Gasteiger partial charge in [-0.05, 0) is 33.6 Å². The van der Waals surface area contributed by atoms with E-state index in [4.69, 9.17) is 13.8 Å². The predicted molar refractivity (Wildman–Crippen MR) is 84.8 cm³/mol. The molecule has 1 aromatic rings. The molecule has 0 spiro atoms. The lowest BCUT2D eigenvalue weighted by atomic mass is 10.2. The quantitative estimate of drug-likeness (QED) is 0.753. The van der Waals surface area contributed by atoms with Crippen molar-refractivity contribution in [3.05, 3.63) is 32.6 Å². The summed E-state index contributed by atoms with van der Waals surface area (Å²) in [4.78, 5) is 25.5. The van der Waals surface area contributed by atoms with Gasteiger partial charge in [0.1, 0.15) is 0 Å². The van der Waals surface area contributed by atoms with Crippen molar-refractivity contribution >= 4 is 7.60 Å². The average molecular weight is 346 g/mol. The molecule has 23 heavy (non-hydrogen) atoms. The first kappa shape index (κ1) is 18.1. The smallest absolute Gasteiger partial charge is 0.359 e. The fourth-order valence-electron chi connectivity index (χ4n) is 2.59. The van der Waals surface area contributed by atoms with Crippen molar-refractivity contribution in [3.63, 3.8) is 0 Å². The summed E-state index contributed by atoms with van der Waals surface area (Å²) in [6, 6.07) is 0. The maximum absolute atomic E-state index is 12.7. The molecule has 1 N–H and O–H groups in total. The van der Waals surface area contributed by atoms with Gasteiger partial charge in [-0.15, -0.1) is 0 Å². The van der Waals surface area contributed by atoms with E-state index in [1.165, 1.54) is 10.8 Å². The van der Waals surface area contributed by atoms with Crippen LogP contribution in [0, 0.1) is 6.92 Å². The zero-order valence-corrected chi connectivity index (χ0v) is 14.5. The van der Waals surface area contributed by atoms with Gasteiger partial charge in [-0.3, -0.25) is 18.9 Å². The SMILES string of the molecule is CCOP(=O)(OCC)C1CCC(Cn2cc(C)c(=O)[nH]c2=O)O1. The summed E-state index contributed by atoms with van der Waals surface area (Å²) in [5.41, 5.74) is -0.424. The molecule has 0 saturated carbocycles. The number of nitrogens with zero attached hydrogens (tertiary/aromatic N) is 1. The van der Waals surface area contributed by atoms with Gasteiger partial charge in [-0.25, -0.2) is 4.79 Å². The summed E-state index contributed by atoms with van der Waals surface area (Å²) in [7, 11) is -3.31. The van der Waals surface area contributed by atoms with Crippen molar-refractivity contribution in [2.75, 3.05) is 13.2 Å². The van der Waals surface area contributed by atoms with Crippen LogP contribution in [0.25, 0.3) is 0 Å². The maximum atomic E-state index is 12.7. The van der Waals surface area contributed by atoms with Gasteiger partial charge in [0, 0.05) is 11.8 Å². The van der Waals surface area contributed by atoms with Gasteiger partial charge in [0.2, 0.25) is 0 Å². The molecule has 1 saturated heterocycles. The lowest BCUT2D eigenvalue weighted by Gasteiger charge is -2.23. The van der Waals surface area contributed by atoms with Crippen LogP contribution in [-0.2, 0) is 24.9 Å². The summed E-state index contributed by atoms with van der Waals surface area (Å²) in [5.74, 6) is -0.619. The van der Waals surface area contributed by atoms with Crippen LogP contribution >= 0.6 is 7.60 Å². The minimum Gasteiger partial charge on any atom is -0.360 e. The van der Waals surface area contributed by atoms with Gasteiger partial charge in [0.25, 0.3) is 5.56 Å². The first-order chi connectivity index (χ1) is 10.9. The van der Waals surface area contributed by atoms with Crippen molar-refractivity contribution in [2.45, 2.75) is 52.1 Å². The first-order valence-corrected chi connectivity index (χ1v) is 9.35. The molecule has 9 heteroatoms. The minimum absolute atomic E-state index is 0.278. The number of H-pyrrole nitrogens is 1. The molecule has 0 aliphatic carbocycles. The van der Waals surface area contributed by atoms with Gasteiger partial charge in [0.05, 0.1) is 25.9 Å². The number of rotatable bonds is 7. The van der Waals surface area contributed by atoms with E-state index < -0.39 is 24.7 Å².